The largest absolute Gasteiger partial charge is 0.471 e. The van der Waals surface area contributed by atoms with E-state index in [0.717, 1.165) is 24.6 Å². The van der Waals surface area contributed by atoms with Gasteiger partial charge in [-0.3, -0.25) is 4.79 Å². The monoisotopic (exact) mass is 628 g/mol. The minimum absolute atomic E-state index is 0.0261. The molecule has 1 saturated carbocycles. The minimum Gasteiger partial charge on any atom is -0.414 e. The topological polar surface area (TPSA) is 104 Å². The first-order valence-corrected chi connectivity index (χ1v) is 17.6. The van der Waals surface area contributed by atoms with Gasteiger partial charge in [0, 0.05) is 5.75 Å². The van der Waals surface area contributed by atoms with Crippen molar-refractivity contribution in [2.24, 2.45) is 0 Å². The van der Waals surface area contributed by atoms with Crippen LogP contribution in [0.5, 0.6) is 0 Å². The highest BCUT2D eigenvalue weighted by Crippen LogP contribution is 2.42. The van der Waals surface area contributed by atoms with Gasteiger partial charge in [0.25, 0.3) is 0 Å². The van der Waals surface area contributed by atoms with Gasteiger partial charge in [-0.05, 0) is 44.8 Å². The van der Waals surface area contributed by atoms with E-state index in [0.29, 0.717) is 25.4 Å². The van der Waals surface area contributed by atoms with Gasteiger partial charge in [-0.15, -0.1) is 0 Å². The van der Waals surface area contributed by atoms with E-state index in [1.165, 1.54) is 11.8 Å². The molecule has 2 heterocycles. The van der Waals surface area contributed by atoms with Crippen LogP contribution in [0.4, 0.5) is 24.7 Å². The number of nitrogens with one attached hydrogen (secondary N) is 2. The number of hydrogen-bond donors (Lipinski definition) is 2. The van der Waals surface area contributed by atoms with E-state index in [4.69, 9.17) is 30.2 Å². The Morgan fingerprint density at radius 3 is 2.38 bits per heavy atom. The third kappa shape index (κ3) is 8.23. The Morgan fingerprint density at radius 2 is 1.77 bits per heavy atom. The van der Waals surface area contributed by atoms with Gasteiger partial charge in [0.15, 0.2) is 30.2 Å². The van der Waals surface area contributed by atoms with Crippen LogP contribution in [0.15, 0.2) is 5.16 Å². The van der Waals surface area contributed by atoms with Gasteiger partial charge in [-0.2, -0.15) is 13.2 Å². The van der Waals surface area contributed by atoms with Crippen molar-refractivity contribution in [1.82, 2.24) is 9.97 Å². The average molecular weight is 629 g/mol. The van der Waals surface area contributed by atoms with Crippen LogP contribution in [0.3, 0.4) is 0 Å². The summed E-state index contributed by atoms with van der Waals surface area (Å²) in [6.45, 7) is 12.9. The first kappa shape index (κ1) is 33.3. The molecule has 1 saturated heterocycles. The zero-order valence-corrected chi connectivity index (χ0v) is 26.4. The van der Waals surface area contributed by atoms with Crippen molar-refractivity contribution in [2.75, 3.05) is 29.6 Å². The molecule has 1 aliphatic heterocycles. The molecule has 0 aromatic carbocycles. The van der Waals surface area contributed by atoms with Crippen LogP contribution >= 0.6 is 23.4 Å². The smallest absolute Gasteiger partial charge is 0.414 e. The Balaban J connectivity index is 1.80. The summed E-state index contributed by atoms with van der Waals surface area (Å²) in [5.74, 6) is -2.41. The second kappa shape index (κ2) is 13.9. The van der Waals surface area contributed by atoms with E-state index in [9.17, 15) is 18.0 Å². The molecule has 0 radical (unpaired) electrons. The lowest BCUT2D eigenvalue weighted by Crippen LogP contribution is -2.38. The Labute approximate surface area is 244 Å². The summed E-state index contributed by atoms with van der Waals surface area (Å²) in [5, 5.41) is 4.97. The Bertz CT molecular complexity index is 1010. The minimum atomic E-state index is -5.12. The number of ether oxygens (including phenoxy) is 3. The number of anilines is 2. The van der Waals surface area contributed by atoms with Crippen molar-refractivity contribution >= 4 is 49.1 Å². The van der Waals surface area contributed by atoms with Crippen LogP contribution in [-0.2, 0) is 23.4 Å². The number of aromatic nitrogens is 2. The summed E-state index contributed by atoms with van der Waals surface area (Å²) in [6, 6.07) is 2.67. The number of thioether (sulfide) groups is 1. The highest BCUT2D eigenvalue weighted by Gasteiger charge is 2.55. The third-order valence-corrected chi connectivity index (χ3v) is 13.3. The standard InChI is InChI=1S/C25H40ClF3N4O5SSi/c1-7-13-39-23-32-20(26)17(31-22(34)25(27,28)29)21(33-23)30-15-14-16(19-18(15)37-24(5,6)38-19)35-11-12-36-40(8-2,9-3)10-4/h15-16,18-19H,7-14H2,1-6H3,(H,31,34)(H,30,32,33)/t15-,16+,18+,19-/m1/s1. The summed E-state index contributed by atoms with van der Waals surface area (Å²) in [6.07, 6.45) is -5.12. The normalized spacial score (nSPS) is 24.2. The number of alkyl halides is 3. The summed E-state index contributed by atoms with van der Waals surface area (Å²) in [5.41, 5.74) is -0.350. The van der Waals surface area contributed by atoms with Gasteiger partial charge in [0.1, 0.15) is 17.9 Å². The predicted octanol–water partition coefficient (Wildman–Crippen LogP) is 6.24. The molecule has 1 aromatic heterocycles. The molecular weight excluding hydrogens is 589 g/mol. The lowest BCUT2D eigenvalue weighted by atomic mass is 10.2. The third-order valence-electron chi connectivity index (χ3n) is 7.27. The van der Waals surface area contributed by atoms with Gasteiger partial charge in [0.2, 0.25) is 0 Å². The average Bonchev–Trinajstić information content (AvgIpc) is 3.37. The van der Waals surface area contributed by atoms with E-state index in [1.54, 1.807) is 13.8 Å². The molecule has 1 aromatic rings. The fourth-order valence-electron chi connectivity index (χ4n) is 5.00. The summed E-state index contributed by atoms with van der Waals surface area (Å²) < 4.78 is 64.1. The van der Waals surface area contributed by atoms with Crippen LogP contribution in [-0.4, -0.2) is 79.5 Å². The highest BCUT2D eigenvalue weighted by molar-refractivity contribution is 7.99. The number of nitrogens with zero attached hydrogens (tertiary/aromatic N) is 2. The molecule has 15 heteroatoms. The number of carbonyl (C=O) groups excluding carboxylic acids is 1. The van der Waals surface area contributed by atoms with Crippen LogP contribution in [0, 0.1) is 0 Å². The van der Waals surface area contributed by atoms with Crippen molar-refractivity contribution in [3.8, 4) is 0 Å². The number of rotatable bonds is 14. The summed E-state index contributed by atoms with van der Waals surface area (Å²) in [7, 11) is -1.75. The van der Waals surface area contributed by atoms with E-state index >= 15 is 0 Å². The van der Waals surface area contributed by atoms with Crippen LogP contribution in [0.1, 0.15) is 54.4 Å². The molecule has 9 nitrogen and oxygen atoms in total. The van der Waals surface area contributed by atoms with Gasteiger partial charge in [-0.1, -0.05) is 51.1 Å². The maximum Gasteiger partial charge on any atom is 0.471 e. The molecule has 2 N–H and O–H groups in total. The van der Waals surface area contributed by atoms with Crippen LogP contribution in [0.25, 0.3) is 0 Å². The molecule has 1 amide bonds. The lowest BCUT2D eigenvalue weighted by Gasteiger charge is -2.28. The fourth-order valence-corrected chi connectivity index (χ4v) is 8.59. The molecule has 1 aliphatic carbocycles. The SMILES string of the molecule is CCCSc1nc(Cl)c(NC(=O)C(F)(F)F)c(N[C@@H]2C[C@H](OCCO[Si](CC)(CC)CC)[C@H]3OC(C)(C)O[C@H]32)n1. The molecule has 228 valence electrons. The molecule has 0 unspecified atom stereocenters. The molecule has 2 aliphatic rings. The molecule has 0 bridgehead atoms. The second-order valence-electron chi connectivity index (χ2n) is 10.4. The number of hydrogen-bond acceptors (Lipinski definition) is 9. The molecule has 0 spiro atoms. The molecule has 2 fully saturated rings. The second-order valence-corrected chi connectivity index (χ2v) is 16.6. The maximum atomic E-state index is 13.1. The molecule has 3 rings (SSSR count). The van der Waals surface area contributed by atoms with Crippen LogP contribution in [0.2, 0.25) is 23.3 Å². The van der Waals surface area contributed by atoms with Crippen molar-refractivity contribution in [1.29, 1.82) is 0 Å². The highest BCUT2D eigenvalue weighted by atomic mass is 35.5. The van der Waals surface area contributed by atoms with E-state index in [-0.39, 0.29) is 27.9 Å². The quantitative estimate of drug-likeness (QED) is 0.0814. The first-order chi connectivity index (χ1) is 18.8. The summed E-state index contributed by atoms with van der Waals surface area (Å²) >= 11 is 7.57. The van der Waals surface area contributed by atoms with Crippen molar-refractivity contribution in [3.63, 3.8) is 0 Å². The molecule has 4 atom stereocenters. The lowest BCUT2D eigenvalue weighted by molar-refractivity contribution is -0.167. The van der Waals surface area contributed by atoms with Crippen molar-refractivity contribution in [2.45, 2.75) is 114 Å². The predicted molar refractivity (Wildman–Crippen MR) is 151 cm³/mol. The van der Waals surface area contributed by atoms with Gasteiger partial charge >= 0.3 is 12.1 Å². The van der Waals surface area contributed by atoms with Gasteiger partial charge in [0.05, 0.1) is 25.4 Å². The van der Waals surface area contributed by atoms with E-state index in [2.05, 4.69) is 36.1 Å². The summed E-state index contributed by atoms with van der Waals surface area (Å²) in [4.78, 5) is 20.3. The first-order valence-electron chi connectivity index (χ1n) is 13.7. The van der Waals surface area contributed by atoms with Gasteiger partial charge < -0.3 is 29.3 Å². The van der Waals surface area contributed by atoms with E-state index < -0.39 is 44.4 Å². The number of carbonyl (C=O) groups is 1. The Hall–Kier alpha value is -1.16. The maximum absolute atomic E-state index is 13.1. The van der Waals surface area contributed by atoms with E-state index in [1.807, 2.05) is 12.2 Å². The fraction of sp³-hybridized carbons (Fsp3) is 0.800. The van der Waals surface area contributed by atoms with Crippen molar-refractivity contribution < 1.29 is 36.6 Å². The molecular formula is C25H40ClF3N4O5SSi. The number of fused-ring (bicyclic) bond motifs is 1. The van der Waals surface area contributed by atoms with Crippen LogP contribution < -0.4 is 10.6 Å². The van der Waals surface area contributed by atoms with Gasteiger partial charge in [-0.25, -0.2) is 9.97 Å². The zero-order valence-electron chi connectivity index (χ0n) is 23.8. The molecule has 40 heavy (non-hydrogen) atoms. The Morgan fingerprint density at radius 1 is 1.12 bits per heavy atom. The Kier molecular flexibility index (Phi) is 11.6. The van der Waals surface area contributed by atoms with Crippen molar-refractivity contribution in [3.05, 3.63) is 5.15 Å². The number of halogens is 4. The number of amides is 1. The zero-order chi connectivity index (χ0) is 29.7.